The third kappa shape index (κ3) is 5.15. The predicted octanol–water partition coefficient (Wildman–Crippen LogP) is 2.54. The summed E-state index contributed by atoms with van der Waals surface area (Å²) in [5.41, 5.74) is 0.642. The monoisotopic (exact) mass is 450 g/mol. The molecule has 0 aliphatic rings. The number of hydrogen-bond acceptors (Lipinski definition) is 7. The summed E-state index contributed by atoms with van der Waals surface area (Å²) in [5.74, 6) is 0.217. The van der Waals surface area contributed by atoms with Gasteiger partial charge in [0.05, 0.1) is 9.79 Å². The molecule has 0 spiro atoms. The largest absolute Gasteiger partial charge is 0.360 e. The van der Waals surface area contributed by atoms with Gasteiger partial charge < -0.3 is 9.84 Å². The Labute approximate surface area is 173 Å². The molecule has 0 unspecified atom stereocenters. The zero-order valence-electron chi connectivity index (χ0n) is 15.9. The van der Waals surface area contributed by atoms with Crippen LogP contribution in [0, 0.1) is 6.92 Å². The molecular formula is C18H18N4O6S2. The zero-order chi connectivity index (χ0) is 21.9. The van der Waals surface area contributed by atoms with Gasteiger partial charge in [0.25, 0.3) is 20.0 Å². The normalized spacial score (nSPS) is 11.7. The first-order chi connectivity index (χ1) is 14.0. The van der Waals surface area contributed by atoms with Crippen LogP contribution >= 0.6 is 0 Å². The lowest BCUT2D eigenvalue weighted by molar-refractivity contribution is -0.114. The molecule has 3 N–H and O–H groups in total. The summed E-state index contributed by atoms with van der Waals surface area (Å²) in [6.45, 7) is 2.97. The molecule has 0 aliphatic heterocycles. The van der Waals surface area contributed by atoms with Crippen molar-refractivity contribution in [2.24, 2.45) is 0 Å². The van der Waals surface area contributed by atoms with Gasteiger partial charge in [0, 0.05) is 24.4 Å². The van der Waals surface area contributed by atoms with E-state index in [4.69, 9.17) is 4.52 Å². The second-order valence-corrected chi connectivity index (χ2v) is 9.63. The number of benzene rings is 2. The minimum Gasteiger partial charge on any atom is -0.360 e. The SMILES string of the molecule is CC(=O)Nc1ccc(S(=O)(=O)Nc2ccc(S(=O)(=O)Nc3cc(C)on3)cc2)cc1. The number of amides is 1. The Morgan fingerprint density at radius 3 is 1.80 bits per heavy atom. The van der Waals surface area contributed by atoms with Crippen LogP contribution in [0.25, 0.3) is 0 Å². The van der Waals surface area contributed by atoms with E-state index in [1.807, 2.05) is 0 Å². The van der Waals surface area contributed by atoms with E-state index in [0.717, 1.165) is 0 Å². The van der Waals surface area contributed by atoms with E-state index in [-0.39, 0.29) is 27.2 Å². The topological polar surface area (TPSA) is 147 Å². The number of anilines is 3. The second kappa shape index (κ2) is 8.16. The molecule has 0 bridgehead atoms. The first-order valence-electron chi connectivity index (χ1n) is 8.52. The van der Waals surface area contributed by atoms with Gasteiger partial charge >= 0.3 is 0 Å². The summed E-state index contributed by atoms with van der Waals surface area (Å²) in [4.78, 5) is 10.9. The average Bonchev–Trinajstić information content (AvgIpc) is 3.06. The molecule has 1 aromatic heterocycles. The number of carbonyl (C=O) groups is 1. The third-order valence-corrected chi connectivity index (χ3v) is 6.54. The fourth-order valence-corrected chi connectivity index (χ4v) is 4.49. The summed E-state index contributed by atoms with van der Waals surface area (Å²) in [7, 11) is -7.81. The summed E-state index contributed by atoms with van der Waals surface area (Å²) < 4.78 is 59.2. The Balaban J connectivity index is 1.73. The van der Waals surface area contributed by atoms with Gasteiger partial charge in [-0.1, -0.05) is 5.16 Å². The molecule has 158 valence electrons. The molecule has 1 amide bonds. The van der Waals surface area contributed by atoms with Crippen molar-refractivity contribution in [3.05, 3.63) is 60.4 Å². The highest BCUT2D eigenvalue weighted by Gasteiger charge is 2.18. The first kappa shape index (κ1) is 21.3. The lowest BCUT2D eigenvalue weighted by Crippen LogP contribution is -2.15. The fraction of sp³-hybridized carbons (Fsp3) is 0.111. The number of aryl methyl sites for hydroxylation is 1. The summed E-state index contributed by atoms with van der Waals surface area (Å²) in [6, 6.07) is 12.2. The van der Waals surface area contributed by atoms with Gasteiger partial charge in [-0.2, -0.15) is 0 Å². The minimum atomic E-state index is -3.91. The number of hydrogen-bond donors (Lipinski definition) is 3. The molecule has 3 aromatic rings. The minimum absolute atomic E-state index is 0.0173. The molecule has 1 heterocycles. The van der Waals surface area contributed by atoms with Crippen LogP contribution in [0.1, 0.15) is 12.7 Å². The van der Waals surface area contributed by atoms with Crippen molar-refractivity contribution in [1.82, 2.24) is 5.16 Å². The van der Waals surface area contributed by atoms with Gasteiger partial charge in [-0.3, -0.25) is 14.2 Å². The number of nitrogens with one attached hydrogen (secondary N) is 3. The van der Waals surface area contributed by atoms with Gasteiger partial charge in [0.15, 0.2) is 5.82 Å². The van der Waals surface area contributed by atoms with Crippen LogP contribution in [0.5, 0.6) is 0 Å². The molecule has 2 aromatic carbocycles. The second-order valence-electron chi connectivity index (χ2n) is 6.26. The van der Waals surface area contributed by atoms with Crippen LogP contribution in [-0.4, -0.2) is 27.9 Å². The van der Waals surface area contributed by atoms with Crippen LogP contribution in [0.4, 0.5) is 17.2 Å². The maximum atomic E-state index is 12.5. The highest BCUT2D eigenvalue weighted by Crippen LogP contribution is 2.21. The maximum Gasteiger partial charge on any atom is 0.263 e. The first-order valence-corrected chi connectivity index (χ1v) is 11.5. The Bertz CT molecular complexity index is 1260. The van der Waals surface area contributed by atoms with E-state index in [0.29, 0.717) is 11.4 Å². The lowest BCUT2D eigenvalue weighted by Gasteiger charge is -2.10. The quantitative estimate of drug-likeness (QED) is 0.501. The van der Waals surface area contributed by atoms with Gasteiger partial charge in [0.2, 0.25) is 5.91 Å². The molecule has 0 saturated carbocycles. The van der Waals surface area contributed by atoms with Gasteiger partial charge in [0.1, 0.15) is 5.76 Å². The molecule has 0 atom stereocenters. The Morgan fingerprint density at radius 1 is 0.833 bits per heavy atom. The highest BCUT2D eigenvalue weighted by atomic mass is 32.2. The highest BCUT2D eigenvalue weighted by molar-refractivity contribution is 7.93. The molecule has 0 aliphatic carbocycles. The Morgan fingerprint density at radius 2 is 1.33 bits per heavy atom. The summed E-state index contributed by atoms with van der Waals surface area (Å²) in [6.07, 6.45) is 0. The molecule has 3 rings (SSSR count). The van der Waals surface area contributed by atoms with E-state index in [9.17, 15) is 21.6 Å². The number of rotatable bonds is 7. The van der Waals surface area contributed by atoms with E-state index < -0.39 is 20.0 Å². The van der Waals surface area contributed by atoms with Crippen LogP contribution in [0.3, 0.4) is 0 Å². The predicted molar refractivity (Wildman–Crippen MR) is 110 cm³/mol. The Hall–Kier alpha value is -3.38. The smallest absolute Gasteiger partial charge is 0.263 e. The van der Waals surface area contributed by atoms with Crippen LogP contribution in [0.2, 0.25) is 0 Å². The van der Waals surface area contributed by atoms with Crippen molar-refractivity contribution >= 4 is 43.1 Å². The van der Waals surface area contributed by atoms with Crippen molar-refractivity contribution < 1.29 is 26.2 Å². The zero-order valence-corrected chi connectivity index (χ0v) is 17.5. The van der Waals surface area contributed by atoms with Gasteiger partial charge in [-0.05, 0) is 55.5 Å². The number of carbonyl (C=O) groups excluding carboxylic acids is 1. The van der Waals surface area contributed by atoms with E-state index in [2.05, 4.69) is 19.9 Å². The molecule has 12 heteroatoms. The van der Waals surface area contributed by atoms with Crippen LogP contribution in [-0.2, 0) is 24.8 Å². The van der Waals surface area contributed by atoms with Crippen molar-refractivity contribution in [1.29, 1.82) is 0 Å². The van der Waals surface area contributed by atoms with E-state index >= 15 is 0 Å². The fourth-order valence-electron chi connectivity index (χ4n) is 2.45. The average molecular weight is 450 g/mol. The van der Waals surface area contributed by atoms with Crippen LogP contribution in [0.15, 0.2) is 68.9 Å². The van der Waals surface area contributed by atoms with E-state index in [1.165, 1.54) is 61.5 Å². The molecule has 0 fully saturated rings. The molecule has 10 nitrogen and oxygen atoms in total. The van der Waals surface area contributed by atoms with Crippen molar-refractivity contribution in [2.75, 3.05) is 14.8 Å². The third-order valence-electron chi connectivity index (χ3n) is 3.77. The molecule has 0 saturated heterocycles. The van der Waals surface area contributed by atoms with Crippen molar-refractivity contribution in [2.45, 2.75) is 23.6 Å². The van der Waals surface area contributed by atoms with Crippen molar-refractivity contribution in [3.63, 3.8) is 0 Å². The number of aromatic nitrogens is 1. The Kier molecular flexibility index (Phi) is 5.80. The molecule has 0 radical (unpaired) electrons. The lowest BCUT2D eigenvalue weighted by atomic mass is 10.3. The summed E-state index contributed by atoms with van der Waals surface area (Å²) >= 11 is 0. The number of sulfonamides is 2. The maximum absolute atomic E-state index is 12.5. The van der Waals surface area contributed by atoms with Crippen LogP contribution < -0.4 is 14.8 Å². The number of nitrogens with zero attached hydrogens (tertiary/aromatic N) is 1. The molecule has 30 heavy (non-hydrogen) atoms. The standard InChI is InChI=1S/C18H18N4O6S2/c1-12-11-18(20-28-12)22-30(26,27)17-9-5-15(6-10-17)21-29(24,25)16-7-3-14(4-8-16)19-13(2)23/h3-11,21H,1-2H3,(H,19,23)(H,20,22). The summed E-state index contributed by atoms with van der Waals surface area (Å²) in [5, 5.41) is 6.11. The van der Waals surface area contributed by atoms with Gasteiger partial charge in [-0.25, -0.2) is 16.8 Å². The van der Waals surface area contributed by atoms with Gasteiger partial charge in [-0.15, -0.1) is 0 Å². The van der Waals surface area contributed by atoms with Crippen molar-refractivity contribution in [3.8, 4) is 0 Å². The van der Waals surface area contributed by atoms with E-state index in [1.54, 1.807) is 6.92 Å². The molecular weight excluding hydrogens is 432 g/mol.